The molecule has 1 radical (unpaired) electrons. The summed E-state index contributed by atoms with van der Waals surface area (Å²) in [6, 6.07) is 20.9. The zero-order chi connectivity index (χ0) is 11.4. The zero-order valence-corrected chi connectivity index (χ0v) is 10.0. The fourth-order valence-corrected chi connectivity index (χ4v) is 3.64. The van der Waals surface area contributed by atoms with Crippen LogP contribution < -0.4 is 10.6 Å². The average molecular weight is 225 g/mol. The van der Waals surface area contributed by atoms with Crippen LogP contribution in [0.4, 0.5) is 0 Å². The van der Waals surface area contributed by atoms with Crippen molar-refractivity contribution in [3.8, 4) is 0 Å². The molecule has 2 aromatic carbocycles. The van der Waals surface area contributed by atoms with Crippen molar-refractivity contribution in [1.82, 2.24) is 0 Å². The van der Waals surface area contributed by atoms with E-state index in [1.54, 1.807) is 0 Å². The van der Waals surface area contributed by atoms with Crippen LogP contribution in [0, 0.1) is 6.92 Å². The Labute approximate surface area is 98.4 Å². The van der Waals surface area contributed by atoms with Crippen molar-refractivity contribution in [2.24, 2.45) is 0 Å². The maximum atomic E-state index is 4.03. The highest BCUT2D eigenvalue weighted by atomic mass is 31.1. The molecule has 0 aliphatic rings. The van der Waals surface area contributed by atoms with Gasteiger partial charge in [0.15, 0.2) is 0 Å². The van der Waals surface area contributed by atoms with Crippen LogP contribution in [-0.2, 0) is 0 Å². The predicted octanol–water partition coefficient (Wildman–Crippen LogP) is 3.47. The van der Waals surface area contributed by atoms with Crippen molar-refractivity contribution >= 4 is 18.5 Å². The summed E-state index contributed by atoms with van der Waals surface area (Å²) in [6.45, 7) is 8.05. The van der Waals surface area contributed by atoms with E-state index in [4.69, 9.17) is 0 Å². The van der Waals surface area contributed by atoms with E-state index in [1.165, 1.54) is 10.6 Å². The molecule has 0 N–H and O–H groups in total. The SMILES string of the molecule is [CH2]C(=C)P(c1ccccc1)c1ccccc1. The van der Waals surface area contributed by atoms with E-state index in [1.807, 2.05) is 12.1 Å². The van der Waals surface area contributed by atoms with Crippen molar-refractivity contribution in [3.63, 3.8) is 0 Å². The number of allylic oxidation sites excluding steroid dienone is 1. The Bertz CT molecular complexity index is 420. The molecule has 2 rings (SSSR count). The minimum Gasteiger partial charge on any atom is -0.0947 e. The first-order valence-electron chi connectivity index (χ1n) is 5.20. The third-order valence-electron chi connectivity index (χ3n) is 2.35. The van der Waals surface area contributed by atoms with Crippen LogP contribution in [0.15, 0.2) is 72.6 Å². The van der Waals surface area contributed by atoms with Gasteiger partial charge in [0.1, 0.15) is 0 Å². The third-order valence-corrected chi connectivity index (χ3v) is 4.61. The van der Waals surface area contributed by atoms with Crippen LogP contribution in [0.25, 0.3) is 0 Å². The lowest BCUT2D eigenvalue weighted by molar-refractivity contribution is 1.75. The van der Waals surface area contributed by atoms with Crippen LogP contribution in [0.5, 0.6) is 0 Å². The Hall–Kier alpha value is -1.39. The van der Waals surface area contributed by atoms with Crippen LogP contribution >= 0.6 is 7.92 Å². The first-order chi connectivity index (χ1) is 7.79. The molecule has 0 saturated carbocycles. The lowest BCUT2D eigenvalue weighted by Gasteiger charge is -2.18. The van der Waals surface area contributed by atoms with Gasteiger partial charge >= 0.3 is 0 Å². The molecule has 0 spiro atoms. The van der Waals surface area contributed by atoms with Gasteiger partial charge < -0.3 is 0 Å². The normalized spacial score (nSPS) is 10.4. The lowest BCUT2D eigenvalue weighted by Crippen LogP contribution is -2.11. The highest BCUT2D eigenvalue weighted by molar-refractivity contribution is 7.76. The fourth-order valence-electron chi connectivity index (χ4n) is 1.67. The maximum absolute atomic E-state index is 4.03. The van der Waals surface area contributed by atoms with Gasteiger partial charge in [-0.3, -0.25) is 0 Å². The van der Waals surface area contributed by atoms with Gasteiger partial charge in [0.2, 0.25) is 0 Å². The molecule has 0 nitrogen and oxygen atoms in total. The quantitative estimate of drug-likeness (QED) is 0.702. The van der Waals surface area contributed by atoms with Crippen molar-refractivity contribution in [1.29, 1.82) is 0 Å². The molecule has 0 aliphatic heterocycles. The first-order valence-corrected chi connectivity index (χ1v) is 6.54. The Morgan fingerprint density at radius 2 is 1.12 bits per heavy atom. The van der Waals surface area contributed by atoms with E-state index in [2.05, 4.69) is 62.0 Å². The number of rotatable bonds is 3. The molecule has 0 atom stereocenters. The Balaban J connectivity index is 2.44. The van der Waals surface area contributed by atoms with Gasteiger partial charge in [-0.2, -0.15) is 0 Å². The highest BCUT2D eigenvalue weighted by Crippen LogP contribution is 2.40. The third kappa shape index (κ3) is 2.40. The van der Waals surface area contributed by atoms with Crippen molar-refractivity contribution in [3.05, 3.63) is 79.5 Å². The summed E-state index contributed by atoms with van der Waals surface area (Å²) in [5.41, 5.74) is 0. The lowest BCUT2D eigenvalue weighted by atomic mass is 10.4. The van der Waals surface area contributed by atoms with Crippen molar-refractivity contribution in [2.75, 3.05) is 0 Å². The highest BCUT2D eigenvalue weighted by Gasteiger charge is 2.13. The van der Waals surface area contributed by atoms with Gasteiger partial charge in [0, 0.05) is 0 Å². The summed E-state index contributed by atoms with van der Waals surface area (Å²) in [4.78, 5) is 0. The van der Waals surface area contributed by atoms with Gasteiger partial charge in [-0.15, -0.1) is 0 Å². The fraction of sp³-hybridized carbons (Fsp3) is 0. The molecule has 0 amide bonds. The predicted molar refractivity (Wildman–Crippen MR) is 73.6 cm³/mol. The molecule has 0 aromatic heterocycles. The molecular formula is C15H14P. The van der Waals surface area contributed by atoms with Gasteiger partial charge in [0.05, 0.1) is 0 Å². The average Bonchev–Trinajstić information content (AvgIpc) is 2.31. The van der Waals surface area contributed by atoms with Crippen molar-refractivity contribution in [2.45, 2.75) is 0 Å². The zero-order valence-electron chi connectivity index (χ0n) is 9.13. The van der Waals surface area contributed by atoms with Crippen LogP contribution in [-0.4, -0.2) is 0 Å². The molecule has 0 bridgehead atoms. The Morgan fingerprint density at radius 1 is 0.750 bits per heavy atom. The van der Waals surface area contributed by atoms with E-state index in [-0.39, 0.29) is 0 Å². The summed E-state index contributed by atoms with van der Waals surface area (Å²) in [6.07, 6.45) is 0. The molecule has 1 heteroatoms. The van der Waals surface area contributed by atoms with E-state index >= 15 is 0 Å². The van der Waals surface area contributed by atoms with E-state index in [9.17, 15) is 0 Å². The summed E-state index contributed by atoms with van der Waals surface area (Å²) in [5.74, 6) is 0. The van der Waals surface area contributed by atoms with E-state index < -0.39 is 7.92 Å². The Kier molecular flexibility index (Phi) is 3.54. The van der Waals surface area contributed by atoms with E-state index in [0.29, 0.717) is 0 Å². The van der Waals surface area contributed by atoms with Crippen LogP contribution in [0.1, 0.15) is 0 Å². The molecule has 79 valence electrons. The molecule has 2 aromatic rings. The minimum absolute atomic E-state index is 0.515. The maximum Gasteiger partial charge on any atom is -0.0154 e. The topological polar surface area (TPSA) is 0 Å². The van der Waals surface area contributed by atoms with Crippen molar-refractivity contribution < 1.29 is 0 Å². The van der Waals surface area contributed by atoms with Crippen LogP contribution in [0.2, 0.25) is 0 Å². The second kappa shape index (κ2) is 5.09. The molecular weight excluding hydrogens is 211 g/mol. The number of benzene rings is 2. The van der Waals surface area contributed by atoms with Gasteiger partial charge in [-0.25, -0.2) is 0 Å². The van der Waals surface area contributed by atoms with Gasteiger partial charge in [-0.1, -0.05) is 67.2 Å². The monoisotopic (exact) mass is 225 g/mol. The smallest absolute Gasteiger partial charge is 0.0154 e. The molecule has 0 heterocycles. The number of hydrogen-bond donors (Lipinski definition) is 0. The summed E-state index contributed by atoms with van der Waals surface area (Å²) >= 11 is 0. The summed E-state index contributed by atoms with van der Waals surface area (Å²) < 4.78 is 0. The van der Waals surface area contributed by atoms with Crippen LogP contribution in [0.3, 0.4) is 0 Å². The summed E-state index contributed by atoms with van der Waals surface area (Å²) in [7, 11) is -0.515. The van der Waals surface area contributed by atoms with E-state index in [0.717, 1.165) is 5.31 Å². The largest absolute Gasteiger partial charge is 0.0947 e. The second-order valence-electron chi connectivity index (χ2n) is 3.57. The molecule has 0 unspecified atom stereocenters. The summed E-state index contributed by atoms with van der Waals surface area (Å²) in [5, 5.41) is 3.61. The minimum atomic E-state index is -0.515. The molecule has 0 saturated heterocycles. The molecule has 0 aliphatic carbocycles. The molecule has 0 fully saturated rings. The molecule has 16 heavy (non-hydrogen) atoms. The second-order valence-corrected chi connectivity index (χ2v) is 5.91. The van der Waals surface area contributed by atoms with Gasteiger partial charge in [-0.05, 0) is 30.8 Å². The first kappa shape index (κ1) is 11.1. The number of hydrogen-bond acceptors (Lipinski definition) is 0. The standard InChI is InChI=1S/C15H14P/c1-13(2)16(14-9-5-3-6-10-14)15-11-7-4-8-12-15/h3-12H,1-2H2. The van der Waals surface area contributed by atoms with Gasteiger partial charge in [0.25, 0.3) is 0 Å². The Morgan fingerprint density at radius 3 is 1.44 bits per heavy atom.